The van der Waals surface area contributed by atoms with Crippen LogP contribution >= 0.6 is 11.6 Å². The monoisotopic (exact) mass is 194 g/mol. The van der Waals surface area contributed by atoms with E-state index in [1.807, 2.05) is 0 Å². The van der Waals surface area contributed by atoms with Gasteiger partial charge in [-0.25, -0.2) is 9.97 Å². The van der Waals surface area contributed by atoms with E-state index in [2.05, 4.69) is 14.2 Å². The molecule has 1 aromatic rings. The van der Waals surface area contributed by atoms with E-state index in [4.69, 9.17) is 16.2 Å². The molecule has 60 valence electrons. The zero-order valence-corrected chi connectivity index (χ0v) is 6.67. The van der Waals surface area contributed by atoms with Crippen LogP contribution in [0.4, 0.5) is 0 Å². The molecule has 11 heavy (non-hydrogen) atoms. The van der Waals surface area contributed by atoms with Gasteiger partial charge in [-0.05, 0) is 0 Å². The van der Waals surface area contributed by atoms with Crippen molar-refractivity contribution in [2.45, 2.75) is 0 Å². The van der Waals surface area contributed by atoms with Crippen LogP contribution in [-0.2, 0) is 11.4 Å². The zero-order chi connectivity index (χ0) is 8.27. The molecule has 0 fully saturated rings. The van der Waals surface area contributed by atoms with Crippen LogP contribution in [0.3, 0.4) is 0 Å². The molecular formula is C4H3ClN2O3S. The maximum Gasteiger partial charge on any atom is 0.359 e. The van der Waals surface area contributed by atoms with Crippen molar-refractivity contribution in [3.05, 3.63) is 17.5 Å². The molecule has 1 atom stereocenters. The molecule has 1 rings (SSSR count). The van der Waals surface area contributed by atoms with E-state index in [0.29, 0.717) is 0 Å². The average Bonchev–Trinajstić information content (AvgIpc) is 1.93. The first-order valence-electron chi connectivity index (χ1n) is 2.46. The fourth-order valence-corrected chi connectivity index (χ4v) is 0.878. The normalized spacial score (nSPS) is 12.5. The molecule has 0 amide bonds. The summed E-state index contributed by atoms with van der Waals surface area (Å²) in [6.07, 6.45) is 2.64. The first-order valence-corrected chi connectivity index (χ1v) is 3.87. The van der Waals surface area contributed by atoms with Crippen molar-refractivity contribution < 1.29 is 12.9 Å². The van der Waals surface area contributed by atoms with Gasteiger partial charge in [0.25, 0.3) is 5.88 Å². The predicted octanol–water partition coefficient (Wildman–Crippen LogP) is 0.645. The Bertz CT molecular complexity index is 282. The van der Waals surface area contributed by atoms with Crippen LogP contribution in [0, 0.1) is 0 Å². The zero-order valence-electron chi connectivity index (χ0n) is 5.10. The van der Waals surface area contributed by atoms with Crippen LogP contribution in [-0.4, -0.2) is 18.7 Å². The molecule has 0 aliphatic heterocycles. The van der Waals surface area contributed by atoms with Gasteiger partial charge in [-0.3, -0.25) is 4.55 Å². The summed E-state index contributed by atoms with van der Waals surface area (Å²) in [5.74, 6) is -0.157. The van der Waals surface area contributed by atoms with Crippen LogP contribution in [0.1, 0.15) is 0 Å². The Labute approximate surface area is 69.9 Å². The highest BCUT2D eigenvalue weighted by atomic mass is 35.5. The summed E-state index contributed by atoms with van der Waals surface area (Å²) in [7, 11) is 0. The fraction of sp³-hybridized carbons (Fsp3) is 0. The lowest BCUT2D eigenvalue weighted by Crippen LogP contribution is -2.00. The lowest BCUT2D eigenvalue weighted by atomic mass is 10.7. The molecule has 0 saturated carbocycles. The molecule has 0 aromatic carbocycles. The van der Waals surface area contributed by atoms with E-state index >= 15 is 0 Å². The molecule has 0 aliphatic carbocycles. The van der Waals surface area contributed by atoms with E-state index in [9.17, 15) is 4.21 Å². The maximum absolute atomic E-state index is 10.1. The van der Waals surface area contributed by atoms with Crippen molar-refractivity contribution in [2.75, 3.05) is 0 Å². The van der Waals surface area contributed by atoms with Crippen LogP contribution in [0.15, 0.2) is 12.4 Å². The maximum atomic E-state index is 10.1. The van der Waals surface area contributed by atoms with Crippen molar-refractivity contribution in [2.24, 2.45) is 0 Å². The third-order valence-corrected chi connectivity index (χ3v) is 1.33. The molecule has 7 heteroatoms. The Morgan fingerprint density at radius 2 is 2.18 bits per heavy atom. The quantitative estimate of drug-likeness (QED) is 0.700. The van der Waals surface area contributed by atoms with Crippen molar-refractivity contribution in [3.8, 4) is 5.88 Å². The summed E-state index contributed by atoms with van der Waals surface area (Å²) < 4.78 is 22.6. The fourth-order valence-electron chi connectivity index (χ4n) is 0.432. The number of halogens is 1. The lowest BCUT2D eigenvalue weighted by Gasteiger charge is -1.97. The van der Waals surface area contributed by atoms with Gasteiger partial charge in [-0.2, -0.15) is 4.21 Å². The third kappa shape index (κ3) is 2.41. The second kappa shape index (κ2) is 3.61. The SMILES string of the molecule is O=S(O)Oc1nccnc1Cl. The molecule has 1 aromatic heterocycles. The molecule has 0 radical (unpaired) electrons. The topological polar surface area (TPSA) is 72.3 Å². The number of hydrogen-bond acceptors (Lipinski definition) is 4. The second-order valence-corrected chi connectivity index (χ2v) is 2.41. The minimum absolute atomic E-state index is 0.0464. The Hall–Kier alpha value is -0.720. The molecule has 1 heterocycles. The van der Waals surface area contributed by atoms with Crippen LogP contribution in [0.25, 0.3) is 0 Å². The first kappa shape index (κ1) is 8.38. The standard InChI is InChI=1S/C4H3ClN2O3S/c5-3-4(10-11(8)9)7-2-1-6-3/h1-2H,(H,8,9). The number of rotatable bonds is 2. The third-order valence-electron chi connectivity index (χ3n) is 0.773. The van der Waals surface area contributed by atoms with Crippen LogP contribution < -0.4 is 4.18 Å². The highest BCUT2D eigenvalue weighted by molar-refractivity contribution is 7.74. The van der Waals surface area contributed by atoms with Gasteiger partial charge < -0.3 is 4.18 Å². The summed E-state index contributed by atoms with van der Waals surface area (Å²) in [4.78, 5) is 7.11. The summed E-state index contributed by atoms with van der Waals surface area (Å²) in [6, 6.07) is 0. The van der Waals surface area contributed by atoms with Gasteiger partial charge >= 0.3 is 11.4 Å². The molecule has 0 spiro atoms. The van der Waals surface area contributed by atoms with Crippen molar-refractivity contribution in [1.29, 1.82) is 0 Å². The van der Waals surface area contributed by atoms with Gasteiger partial charge in [0, 0.05) is 12.4 Å². The Morgan fingerprint density at radius 1 is 1.55 bits per heavy atom. The number of aromatic nitrogens is 2. The molecule has 0 bridgehead atoms. The average molecular weight is 195 g/mol. The molecule has 0 saturated heterocycles. The summed E-state index contributed by atoms with van der Waals surface area (Å²) >= 11 is 3.01. The van der Waals surface area contributed by atoms with Crippen LogP contribution in [0.2, 0.25) is 5.15 Å². The molecule has 5 nitrogen and oxygen atoms in total. The van der Waals surface area contributed by atoms with E-state index in [1.165, 1.54) is 12.4 Å². The van der Waals surface area contributed by atoms with Gasteiger partial charge in [-0.15, -0.1) is 0 Å². The van der Waals surface area contributed by atoms with Crippen molar-refractivity contribution in [1.82, 2.24) is 9.97 Å². The highest BCUT2D eigenvalue weighted by Gasteiger charge is 2.05. The van der Waals surface area contributed by atoms with E-state index < -0.39 is 11.4 Å². The van der Waals surface area contributed by atoms with Gasteiger partial charge in [0.2, 0.25) is 0 Å². The summed E-state index contributed by atoms with van der Waals surface area (Å²) in [6.45, 7) is 0. The molecular weight excluding hydrogens is 192 g/mol. The Kier molecular flexibility index (Phi) is 2.75. The summed E-state index contributed by atoms with van der Waals surface area (Å²) in [5, 5.41) is -0.0464. The number of hydrogen-bond donors (Lipinski definition) is 1. The molecule has 0 aliphatic rings. The minimum Gasteiger partial charge on any atom is -0.356 e. The van der Waals surface area contributed by atoms with Gasteiger partial charge in [0.15, 0.2) is 5.15 Å². The molecule has 1 unspecified atom stereocenters. The van der Waals surface area contributed by atoms with Gasteiger partial charge in [0.05, 0.1) is 0 Å². The summed E-state index contributed by atoms with van der Waals surface area (Å²) in [5.41, 5.74) is 0. The largest absolute Gasteiger partial charge is 0.359 e. The second-order valence-electron chi connectivity index (χ2n) is 1.45. The Balaban J connectivity index is 2.86. The van der Waals surface area contributed by atoms with E-state index in [1.54, 1.807) is 0 Å². The predicted molar refractivity (Wildman–Crippen MR) is 38.4 cm³/mol. The van der Waals surface area contributed by atoms with Gasteiger partial charge in [0.1, 0.15) is 0 Å². The number of nitrogens with zero attached hydrogens (tertiary/aromatic N) is 2. The Morgan fingerprint density at radius 3 is 2.73 bits per heavy atom. The first-order chi connectivity index (χ1) is 5.20. The smallest absolute Gasteiger partial charge is 0.356 e. The highest BCUT2D eigenvalue weighted by Crippen LogP contribution is 2.16. The van der Waals surface area contributed by atoms with E-state index in [0.717, 1.165) is 0 Å². The minimum atomic E-state index is -2.41. The van der Waals surface area contributed by atoms with E-state index in [-0.39, 0.29) is 11.0 Å². The molecule has 1 N–H and O–H groups in total. The van der Waals surface area contributed by atoms with Crippen molar-refractivity contribution in [3.63, 3.8) is 0 Å². The van der Waals surface area contributed by atoms with Gasteiger partial charge in [-0.1, -0.05) is 11.6 Å². The van der Waals surface area contributed by atoms with Crippen molar-refractivity contribution >= 4 is 23.0 Å². The lowest BCUT2D eigenvalue weighted by molar-refractivity contribution is 0.448. The van der Waals surface area contributed by atoms with Crippen LogP contribution in [0.5, 0.6) is 5.88 Å².